The van der Waals surface area contributed by atoms with E-state index in [1.165, 1.54) is 35.5 Å². The summed E-state index contributed by atoms with van der Waals surface area (Å²) in [6.07, 6.45) is 5.64. The summed E-state index contributed by atoms with van der Waals surface area (Å²) in [7, 11) is 0. The molecule has 0 bridgehead atoms. The van der Waals surface area contributed by atoms with E-state index in [0.29, 0.717) is 5.25 Å². The van der Waals surface area contributed by atoms with Gasteiger partial charge in [-0.3, -0.25) is 0 Å². The molecule has 1 N–H and O–H groups in total. The lowest BCUT2D eigenvalue weighted by Crippen LogP contribution is -2.19. The smallest absolute Gasteiger partial charge is 0.141 e. The summed E-state index contributed by atoms with van der Waals surface area (Å²) in [5, 5.41) is 3.94. The van der Waals surface area contributed by atoms with Crippen molar-refractivity contribution in [3.05, 3.63) is 22.8 Å². The molecule has 1 aliphatic heterocycles. The number of nitrogens with one attached hydrogen (secondary N) is 1. The Morgan fingerprint density at radius 1 is 1.15 bits per heavy atom. The van der Waals surface area contributed by atoms with Crippen molar-refractivity contribution in [1.29, 1.82) is 0 Å². The normalized spacial score (nSPS) is 18.6. The maximum Gasteiger partial charge on any atom is 0.141 e. The van der Waals surface area contributed by atoms with Gasteiger partial charge in [-0.05, 0) is 56.5 Å². The van der Waals surface area contributed by atoms with Crippen LogP contribution in [0.1, 0.15) is 61.6 Å². The van der Waals surface area contributed by atoms with Gasteiger partial charge in [0.05, 0.1) is 5.25 Å². The molecule has 0 radical (unpaired) electrons. The third-order valence-electron chi connectivity index (χ3n) is 3.88. The summed E-state index contributed by atoms with van der Waals surface area (Å²) in [6, 6.07) is 0. The van der Waals surface area contributed by atoms with Gasteiger partial charge in [0.2, 0.25) is 0 Å². The molecule has 0 saturated carbocycles. The van der Waals surface area contributed by atoms with Crippen molar-refractivity contribution in [3.8, 4) is 0 Å². The molecule has 0 spiro atoms. The third kappa shape index (κ3) is 3.73. The van der Waals surface area contributed by atoms with E-state index < -0.39 is 0 Å². The van der Waals surface area contributed by atoms with Crippen LogP contribution in [0, 0.1) is 0 Å². The lowest BCUT2D eigenvalue weighted by atomic mass is 10.0. The van der Waals surface area contributed by atoms with Gasteiger partial charge in [-0.15, -0.1) is 0 Å². The Hall–Kier alpha value is -0.610. The second-order valence-electron chi connectivity index (χ2n) is 5.27. The van der Waals surface area contributed by atoms with Crippen LogP contribution in [0.3, 0.4) is 0 Å². The monoisotopic (exact) mass is 293 g/mol. The van der Waals surface area contributed by atoms with Crippen LogP contribution in [0.5, 0.6) is 0 Å². The van der Waals surface area contributed by atoms with Gasteiger partial charge in [-0.1, -0.05) is 20.8 Å². The van der Waals surface area contributed by atoms with Gasteiger partial charge in [-0.2, -0.15) is 11.8 Å². The van der Waals surface area contributed by atoms with Gasteiger partial charge in [0.1, 0.15) is 5.82 Å². The predicted octanol–water partition coefficient (Wildman–Crippen LogP) is 3.32. The van der Waals surface area contributed by atoms with Crippen LogP contribution < -0.4 is 5.32 Å². The Bertz CT molecular complexity index is 403. The minimum atomic E-state index is 0.536. The van der Waals surface area contributed by atoms with E-state index in [1.807, 2.05) is 11.8 Å². The fourth-order valence-electron chi connectivity index (χ4n) is 2.79. The SMILES string of the molecule is CCNCCc1c(CC)nc(C2CCCS2)nc1CC. The van der Waals surface area contributed by atoms with Crippen molar-refractivity contribution in [2.75, 3.05) is 18.8 Å². The van der Waals surface area contributed by atoms with Crippen molar-refractivity contribution in [1.82, 2.24) is 15.3 Å². The maximum absolute atomic E-state index is 4.90. The average molecular weight is 293 g/mol. The second-order valence-corrected chi connectivity index (χ2v) is 6.58. The number of hydrogen-bond acceptors (Lipinski definition) is 4. The molecule has 1 atom stereocenters. The van der Waals surface area contributed by atoms with Gasteiger partial charge in [0, 0.05) is 11.4 Å². The molecular weight excluding hydrogens is 266 g/mol. The van der Waals surface area contributed by atoms with Crippen molar-refractivity contribution >= 4 is 11.8 Å². The van der Waals surface area contributed by atoms with Gasteiger partial charge < -0.3 is 5.32 Å². The first-order valence-corrected chi connectivity index (χ1v) is 9.05. The standard InChI is InChI=1S/C16H27N3S/c1-4-13-12(9-10-17-6-3)14(5-2)19-16(18-13)15-8-7-11-20-15/h15,17H,4-11H2,1-3H3. The van der Waals surface area contributed by atoms with E-state index in [2.05, 4.69) is 26.1 Å². The highest BCUT2D eigenvalue weighted by Gasteiger charge is 2.22. The number of aryl methyl sites for hydroxylation is 2. The van der Waals surface area contributed by atoms with Gasteiger partial charge in [0.15, 0.2) is 0 Å². The number of hydrogen-bond donors (Lipinski definition) is 1. The molecule has 4 heteroatoms. The summed E-state index contributed by atoms with van der Waals surface area (Å²) in [6.45, 7) is 8.63. The van der Waals surface area contributed by atoms with Crippen molar-refractivity contribution in [2.45, 2.75) is 58.1 Å². The molecule has 0 amide bonds. The molecule has 1 saturated heterocycles. The van der Waals surface area contributed by atoms with Crippen LogP contribution >= 0.6 is 11.8 Å². The first kappa shape index (κ1) is 15.8. The lowest BCUT2D eigenvalue weighted by molar-refractivity contribution is 0.690. The molecule has 1 unspecified atom stereocenters. The number of thioether (sulfide) groups is 1. The average Bonchev–Trinajstić information content (AvgIpc) is 3.01. The third-order valence-corrected chi connectivity index (χ3v) is 5.26. The number of likely N-dealkylation sites (N-methyl/N-ethyl adjacent to an activating group) is 1. The largest absolute Gasteiger partial charge is 0.317 e. The Morgan fingerprint density at radius 3 is 2.35 bits per heavy atom. The number of nitrogens with zero attached hydrogens (tertiary/aromatic N) is 2. The number of rotatable bonds is 7. The van der Waals surface area contributed by atoms with E-state index >= 15 is 0 Å². The summed E-state index contributed by atoms with van der Waals surface area (Å²) >= 11 is 2.02. The van der Waals surface area contributed by atoms with E-state index in [4.69, 9.17) is 9.97 Å². The van der Waals surface area contributed by atoms with Crippen molar-refractivity contribution in [2.24, 2.45) is 0 Å². The molecule has 1 aromatic rings. The molecule has 1 fully saturated rings. The fraction of sp³-hybridized carbons (Fsp3) is 0.750. The summed E-state index contributed by atoms with van der Waals surface area (Å²) < 4.78 is 0. The molecule has 0 aromatic carbocycles. The highest BCUT2D eigenvalue weighted by Crippen LogP contribution is 2.38. The Morgan fingerprint density at radius 2 is 1.85 bits per heavy atom. The zero-order valence-corrected chi connectivity index (χ0v) is 13.9. The molecular formula is C16H27N3S. The first-order valence-electron chi connectivity index (χ1n) is 8.00. The van der Waals surface area contributed by atoms with Gasteiger partial charge in [-0.25, -0.2) is 9.97 Å². The zero-order chi connectivity index (χ0) is 14.4. The highest BCUT2D eigenvalue weighted by molar-refractivity contribution is 7.99. The maximum atomic E-state index is 4.90. The molecule has 20 heavy (non-hydrogen) atoms. The van der Waals surface area contributed by atoms with Crippen LogP contribution in [0.4, 0.5) is 0 Å². The Labute approximate surface area is 127 Å². The fourth-order valence-corrected chi connectivity index (χ4v) is 4.00. The van der Waals surface area contributed by atoms with E-state index in [1.54, 1.807) is 0 Å². The second kappa shape index (κ2) is 7.99. The highest BCUT2D eigenvalue weighted by atomic mass is 32.2. The molecule has 1 aliphatic rings. The molecule has 3 nitrogen and oxygen atoms in total. The van der Waals surface area contributed by atoms with Crippen LogP contribution in [0.25, 0.3) is 0 Å². The van der Waals surface area contributed by atoms with Gasteiger partial charge in [0.25, 0.3) is 0 Å². The molecule has 1 aromatic heterocycles. The molecule has 112 valence electrons. The molecule has 2 rings (SSSR count). The summed E-state index contributed by atoms with van der Waals surface area (Å²) in [4.78, 5) is 9.80. The quantitative estimate of drug-likeness (QED) is 0.783. The van der Waals surface area contributed by atoms with Crippen LogP contribution in [-0.2, 0) is 19.3 Å². The lowest BCUT2D eigenvalue weighted by Gasteiger charge is -2.16. The van der Waals surface area contributed by atoms with E-state index in [0.717, 1.165) is 38.2 Å². The topological polar surface area (TPSA) is 37.8 Å². The van der Waals surface area contributed by atoms with Crippen molar-refractivity contribution in [3.63, 3.8) is 0 Å². The number of aromatic nitrogens is 2. The minimum absolute atomic E-state index is 0.536. The minimum Gasteiger partial charge on any atom is -0.317 e. The van der Waals surface area contributed by atoms with E-state index in [-0.39, 0.29) is 0 Å². The predicted molar refractivity (Wildman–Crippen MR) is 87.5 cm³/mol. The van der Waals surface area contributed by atoms with Crippen LogP contribution in [-0.4, -0.2) is 28.8 Å². The van der Waals surface area contributed by atoms with Crippen LogP contribution in [0.2, 0.25) is 0 Å². The molecule has 2 heterocycles. The Balaban J connectivity index is 2.25. The molecule has 0 aliphatic carbocycles. The van der Waals surface area contributed by atoms with Crippen LogP contribution in [0.15, 0.2) is 0 Å². The first-order chi connectivity index (χ1) is 9.80. The van der Waals surface area contributed by atoms with Gasteiger partial charge >= 0.3 is 0 Å². The Kier molecular flexibility index (Phi) is 6.30. The summed E-state index contributed by atoms with van der Waals surface area (Å²) in [5.41, 5.74) is 3.94. The van der Waals surface area contributed by atoms with Crippen molar-refractivity contribution < 1.29 is 0 Å². The van der Waals surface area contributed by atoms with E-state index in [9.17, 15) is 0 Å². The zero-order valence-electron chi connectivity index (χ0n) is 13.0. The summed E-state index contributed by atoms with van der Waals surface area (Å²) in [5.74, 6) is 2.35.